The molecule has 0 aromatic rings. The van der Waals surface area contributed by atoms with Gasteiger partial charge in [-0.15, -0.1) is 0 Å². The summed E-state index contributed by atoms with van der Waals surface area (Å²) in [6.45, 7) is 4.63. The van der Waals surface area contributed by atoms with Crippen molar-refractivity contribution in [3.8, 4) is 0 Å². The van der Waals surface area contributed by atoms with Crippen LogP contribution < -0.4 is 0 Å². The molecule has 0 heterocycles. The molecule has 3 N–H and O–H groups in total. The quantitative estimate of drug-likeness (QED) is 0.0169. The first-order valence-corrected chi connectivity index (χ1v) is 42.5. The minimum atomic E-state index is -4.99. The summed E-state index contributed by atoms with van der Waals surface area (Å²) in [5.41, 5.74) is 0. The molecule has 5 unspecified atom stereocenters. The lowest BCUT2D eigenvalue weighted by Gasteiger charge is -2.21. The van der Waals surface area contributed by atoms with Crippen LogP contribution in [0.1, 0.15) is 336 Å². The summed E-state index contributed by atoms with van der Waals surface area (Å²) in [5.74, 6) is -2.21. The lowest BCUT2D eigenvalue weighted by molar-refractivity contribution is -0.161. The first-order valence-electron chi connectivity index (χ1n) is 39.5. The largest absolute Gasteiger partial charge is 0.472 e. The van der Waals surface area contributed by atoms with Gasteiger partial charge in [0.25, 0.3) is 0 Å². The molecule has 0 amide bonds. The van der Waals surface area contributed by atoms with E-state index in [-0.39, 0.29) is 25.7 Å². The van der Waals surface area contributed by atoms with Gasteiger partial charge in [-0.25, -0.2) is 9.13 Å². The Morgan fingerprint density at radius 2 is 0.520 bits per heavy atom. The molecule has 0 saturated carbocycles. The van der Waals surface area contributed by atoms with Crippen molar-refractivity contribution in [1.29, 1.82) is 0 Å². The molecule has 0 fully saturated rings. The number of phosphoric acid groups is 2. The van der Waals surface area contributed by atoms with Crippen LogP contribution >= 0.6 is 15.6 Å². The van der Waals surface area contributed by atoms with E-state index in [1.807, 2.05) is 0 Å². The van der Waals surface area contributed by atoms with Crippen molar-refractivity contribution in [3.63, 3.8) is 0 Å². The van der Waals surface area contributed by atoms with Crippen LogP contribution in [0.2, 0.25) is 0 Å². The fourth-order valence-electron chi connectivity index (χ4n) is 10.6. The van der Waals surface area contributed by atoms with Crippen LogP contribution in [0.5, 0.6) is 0 Å². The number of esters is 4. The molecular formula is C81H142O17P2. The lowest BCUT2D eigenvalue weighted by atomic mass is 10.0. The molecule has 0 rings (SSSR count). The van der Waals surface area contributed by atoms with Gasteiger partial charge in [-0.05, 0) is 103 Å². The maximum atomic E-state index is 13.1. The third-order valence-corrected chi connectivity index (χ3v) is 18.5. The van der Waals surface area contributed by atoms with Crippen LogP contribution in [0.3, 0.4) is 0 Å². The Morgan fingerprint density at radius 1 is 0.290 bits per heavy atom. The van der Waals surface area contributed by atoms with Crippen molar-refractivity contribution < 1.29 is 80.2 Å². The van der Waals surface area contributed by atoms with Gasteiger partial charge in [0.2, 0.25) is 0 Å². The van der Waals surface area contributed by atoms with Crippen LogP contribution in [-0.2, 0) is 65.4 Å². The van der Waals surface area contributed by atoms with Gasteiger partial charge < -0.3 is 33.8 Å². The second kappa shape index (κ2) is 73.3. The minimum Gasteiger partial charge on any atom is -0.462 e. The summed E-state index contributed by atoms with van der Waals surface area (Å²) >= 11 is 0. The van der Waals surface area contributed by atoms with Crippen molar-refractivity contribution in [3.05, 3.63) is 97.2 Å². The van der Waals surface area contributed by atoms with E-state index in [2.05, 4.69) is 125 Å². The number of carbonyl (C=O) groups excluding carboxylic acids is 4. The maximum absolute atomic E-state index is 13.1. The van der Waals surface area contributed by atoms with Gasteiger partial charge in [-0.3, -0.25) is 37.3 Å². The lowest BCUT2D eigenvalue weighted by Crippen LogP contribution is -2.30. The molecule has 0 aromatic carbocycles. The summed E-state index contributed by atoms with van der Waals surface area (Å²) < 4.78 is 68.5. The third-order valence-electron chi connectivity index (χ3n) is 16.6. The number of unbranched alkanes of at least 4 members (excludes halogenated alkanes) is 32. The number of hydrogen-bond donors (Lipinski definition) is 3. The van der Waals surface area contributed by atoms with E-state index in [9.17, 15) is 43.2 Å². The molecule has 100 heavy (non-hydrogen) atoms. The molecule has 0 aromatic heterocycles. The Bertz CT molecular complexity index is 2270. The van der Waals surface area contributed by atoms with Crippen LogP contribution in [0.4, 0.5) is 0 Å². The molecule has 0 bridgehead atoms. The van der Waals surface area contributed by atoms with E-state index in [0.29, 0.717) is 25.7 Å². The Balaban J connectivity index is 5.38. The second-order valence-electron chi connectivity index (χ2n) is 26.3. The van der Waals surface area contributed by atoms with Crippen molar-refractivity contribution >= 4 is 39.5 Å². The van der Waals surface area contributed by atoms with E-state index < -0.39 is 97.5 Å². The fourth-order valence-corrected chi connectivity index (χ4v) is 12.2. The summed E-state index contributed by atoms with van der Waals surface area (Å²) in [7, 11) is -9.96. The van der Waals surface area contributed by atoms with E-state index in [0.717, 1.165) is 148 Å². The Kier molecular flexibility index (Phi) is 70.4. The number of aliphatic hydroxyl groups excluding tert-OH is 1. The normalized spacial score (nSPS) is 14.4. The predicted octanol–water partition coefficient (Wildman–Crippen LogP) is 22.8. The first-order chi connectivity index (χ1) is 48.7. The number of allylic oxidation sites excluding steroid dienone is 16. The SMILES string of the molecule is CC/C=C\C/C=C\C/C=C\C/C=C\CCCCCCC(=O)OCC(COP(=O)(O)OCC(O)COP(=O)(O)OCC(COC(=O)CCCCCCCCCCCCCCC)OC(=O)CCCCCCCCCCCCCCC)OC(=O)CCCCCC/C=C\C/C=C\C/C=C\C/C=C\CC. The van der Waals surface area contributed by atoms with Gasteiger partial charge in [0.1, 0.15) is 19.3 Å². The highest BCUT2D eigenvalue weighted by atomic mass is 31.2. The maximum Gasteiger partial charge on any atom is 0.472 e. The summed E-state index contributed by atoms with van der Waals surface area (Å²) in [6, 6.07) is 0. The average molecular weight is 1450 g/mol. The number of hydrogen-bond acceptors (Lipinski definition) is 15. The Morgan fingerprint density at radius 3 is 0.800 bits per heavy atom. The second-order valence-corrected chi connectivity index (χ2v) is 29.2. The highest BCUT2D eigenvalue weighted by Crippen LogP contribution is 2.45. The Hall–Kier alpha value is -4.02. The summed E-state index contributed by atoms with van der Waals surface area (Å²) in [4.78, 5) is 72.9. The van der Waals surface area contributed by atoms with E-state index >= 15 is 0 Å². The molecule has 0 saturated heterocycles. The van der Waals surface area contributed by atoms with Gasteiger partial charge in [0.15, 0.2) is 12.2 Å². The standard InChI is InChI=1S/C81H142O17P2/c1-5-9-13-17-21-25-29-33-35-37-39-43-46-50-54-58-62-66-79(84)92-72-77(98-81(86)68-64-60-56-52-48-44-40-38-36-34-30-26-22-18-14-10-6-2)74-96-100(89,90)94-70-75(82)69-93-99(87,88)95-73-76(97-80(85)67-63-59-55-51-47-42-32-28-24-20-16-12-8-4)71-91-78(83)65-61-57-53-49-45-41-31-27-23-19-15-11-7-3/h9-10,13-14,21-22,25-26,33-36,39-40,43-44,75-77,82H,5-8,11-12,15-20,23-24,27-32,37-38,41-42,45-74H2,1-4H3,(H,87,88)(H,89,90)/b13-9-,14-10-,25-21-,26-22-,35-33-,36-34-,43-39-,44-40-. The third kappa shape index (κ3) is 72.3. The highest BCUT2D eigenvalue weighted by Gasteiger charge is 2.30. The van der Waals surface area contributed by atoms with Crippen LogP contribution in [-0.4, -0.2) is 96.7 Å². The molecular weight excluding hydrogens is 1310 g/mol. The molecule has 17 nitrogen and oxygen atoms in total. The van der Waals surface area contributed by atoms with Gasteiger partial charge in [0.05, 0.1) is 26.4 Å². The summed E-state index contributed by atoms with van der Waals surface area (Å²) in [6.07, 6.45) is 76.7. The zero-order valence-electron chi connectivity index (χ0n) is 63.1. The molecule has 0 aliphatic rings. The molecule has 0 spiro atoms. The van der Waals surface area contributed by atoms with Gasteiger partial charge in [0, 0.05) is 25.7 Å². The zero-order chi connectivity index (χ0) is 73.2. The summed E-state index contributed by atoms with van der Waals surface area (Å²) in [5, 5.41) is 10.6. The number of ether oxygens (including phenoxy) is 4. The number of phosphoric ester groups is 2. The molecule has 0 radical (unpaired) electrons. The molecule has 0 aliphatic carbocycles. The average Bonchev–Trinajstić information content (AvgIpc) is 1.15. The van der Waals surface area contributed by atoms with Crippen LogP contribution in [0, 0.1) is 0 Å². The van der Waals surface area contributed by atoms with Gasteiger partial charge in [-0.2, -0.15) is 0 Å². The van der Waals surface area contributed by atoms with Crippen molar-refractivity contribution in [2.45, 2.75) is 354 Å². The number of rotatable bonds is 74. The molecule has 578 valence electrons. The van der Waals surface area contributed by atoms with Crippen LogP contribution in [0.25, 0.3) is 0 Å². The first kappa shape index (κ1) is 96.0. The van der Waals surface area contributed by atoms with Crippen LogP contribution in [0.15, 0.2) is 97.2 Å². The van der Waals surface area contributed by atoms with Gasteiger partial charge in [-0.1, -0.05) is 305 Å². The highest BCUT2D eigenvalue weighted by molar-refractivity contribution is 7.47. The Labute approximate surface area is 607 Å². The van der Waals surface area contributed by atoms with E-state index in [1.54, 1.807) is 0 Å². The monoisotopic (exact) mass is 1450 g/mol. The predicted molar refractivity (Wildman–Crippen MR) is 409 cm³/mol. The number of aliphatic hydroxyl groups is 1. The van der Waals surface area contributed by atoms with Gasteiger partial charge >= 0.3 is 39.5 Å². The molecule has 5 atom stereocenters. The molecule has 19 heteroatoms. The topological polar surface area (TPSA) is 237 Å². The van der Waals surface area contributed by atoms with E-state index in [1.165, 1.54) is 109 Å². The minimum absolute atomic E-state index is 0.0611. The fraction of sp³-hybridized carbons (Fsp3) is 0.753. The van der Waals surface area contributed by atoms with Crippen molar-refractivity contribution in [2.24, 2.45) is 0 Å². The van der Waals surface area contributed by atoms with Crippen molar-refractivity contribution in [1.82, 2.24) is 0 Å². The molecule has 0 aliphatic heterocycles. The smallest absolute Gasteiger partial charge is 0.462 e. The number of carbonyl (C=O) groups is 4. The van der Waals surface area contributed by atoms with E-state index in [4.69, 9.17) is 37.0 Å². The zero-order valence-corrected chi connectivity index (χ0v) is 64.9. The van der Waals surface area contributed by atoms with Crippen molar-refractivity contribution in [2.75, 3.05) is 39.6 Å².